The van der Waals surface area contributed by atoms with Crippen molar-refractivity contribution in [2.45, 2.75) is 0 Å². The van der Waals surface area contributed by atoms with Crippen LogP contribution < -0.4 is 4.74 Å². The van der Waals surface area contributed by atoms with Gasteiger partial charge in [-0.2, -0.15) is 0 Å². The van der Waals surface area contributed by atoms with Gasteiger partial charge < -0.3 is 4.74 Å². The van der Waals surface area contributed by atoms with Gasteiger partial charge in [0.1, 0.15) is 5.75 Å². The summed E-state index contributed by atoms with van der Waals surface area (Å²) in [6.07, 6.45) is 0.408. The van der Waals surface area contributed by atoms with Crippen LogP contribution in [0.1, 0.15) is 20.7 Å². The highest BCUT2D eigenvalue weighted by atomic mass is 127. The number of aldehydes is 1. The summed E-state index contributed by atoms with van der Waals surface area (Å²) < 4.78 is 5.84. The molecule has 0 amide bonds. The van der Waals surface area contributed by atoms with Gasteiger partial charge in [-0.1, -0.05) is 12.1 Å². The maximum atomic E-state index is 12.0. The molecule has 0 fully saturated rings. The summed E-state index contributed by atoms with van der Waals surface area (Å²) in [5.41, 5.74) is 0.0583. The zero-order valence-corrected chi connectivity index (χ0v) is 12.6. The maximum absolute atomic E-state index is 12.0. The molecule has 7 heteroatoms. The van der Waals surface area contributed by atoms with E-state index < -0.39 is 10.9 Å². The maximum Gasteiger partial charge on any atom is 0.344 e. The third-order valence-electron chi connectivity index (χ3n) is 2.63. The molecule has 106 valence electrons. The van der Waals surface area contributed by atoms with E-state index >= 15 is 0 Å². The number of esters is 1. The van der Waals surface area contributed by atoms with E-state index in [1.54, 1.807) is 24.3 Å². The number of nitrogens with zero attached hydrogens (tertiary/aromatic N) is 1. The molecule has 21 heavy (non-hydrogen) atoms. The van der Waals surface area contributed by atoms with Crippen LogP contribution in [0.3, 0.4) is 0 Å². The highest BCUT2D eigenvalue weighted by molar-refractivity contribution is 14.1. The lowest BCUT2D eigenvalue weighted by Gasteiger charge is -2.07. The molecular weight excluding hydrogens is 389 g/mol. The van der Waals surface area contributed by atoms with Crippen molar-refractivity contribution in [2.75, 3.05) is 0 Å². The molecule has 0 aliphatic heterocycles. The predicted molar refractivity (Wildman–Crippen MR) is 82.6 cm³/mol. The number of benzene rings is 2. The summed E-state index contributed by atoms with van der Waals surface area (Å²) in [4.78, 5) is 33.0. The van der Waals surface area contributed by atoms with Crippen molar-refractivity contribution >= 4 is 40.5 Å². The number of non-ortho nitro benzene ring substituents is 1. The standard InChI is InChI=1S/C14H8INO5/c15-12-4-2-1-3-11(12)14(18)21-13-6-5-10(16(19)20)7-9(13)8-17/h1-8H. The van der Waals surface area contributed by atoms with Gasteiger partial charge in [0, 0.05) is 15.7 Å². The topological polar surface area (TPSA) is 86.5 Å². The van der Waals surface area contributed by atoms with Crippen molar-refractivity contribution in [2.24, 2.45) is 0 Å². The number of carbonyl (C=O) groups excluding carboxylic acids is 2. The summed E-state index contributed by atoms with van der Waals surface area (Å²) in [5, 5.41) is 10.6. The van der Waals surface area contributed by atoms with Crippen molar-refractivity contribution in [1.29, 1.82) is 0 Å². The normalized spacial score (nSPS) is 9.95. The Bertz CT molecular complexity index is 729. The first-order chi connectivity index (χ1) is 10.0. The molecule has 0 N–H and O–H groups in total. The van der Waals surface area contributed by atoms with Crippen LogP contribution in [0.25, 0.3) is 0 Å². The molecule has 0 aliphatic carbocycles. The van der Waals surface area contributed by atoms with Crippen molar-refractivity contribution < 1.29 is 19.2 Å². The molecule has 0 saturated heterocycles. The monoisotopic (exact) mass is 397 g/mol. The molecule has 0 spiro atoms. The molecule has 0 aliphatic rings. The minimum Gasteiger partial charge on any atom is -0.422 e. The van der Waals surface area contributed by atoms with Gasteiger partial charge in [0.15, 0.2) is 6.29 Å². The van der Waals surface area contributed by atoms with Crippen LogP contribution >= 0.6 is 22.6 Å². The van der Waals surface area contributed by atoms with Gasteiger partial charge in [-0.25, -0.2) is 4.79 Å². The van der Waals surface area contributed by atoms with Crippen LogP contribution in [-0.2, 0) is 0 Å². The SMILES string of the molecule is O=Cc1cc([N+](=O)[O-])ccc1OC(=O)c1ccccc1I. The Morgan fingerprint density at radius 1 is 1.24 bits per heavy atom. The third kappa shape index (κ3) is 3.43. The molecule has 0 radical (unpaired) electrons. The second-order valence-electron chi connectivity index (χ2n) is 3.97. The Morgan fingerprint density at radius 3 is 2.57 bits per heavy atom. The van der Waals surface area contributed by atoms with E-state index in [4.69, 9.17) is 4.74 Å². The molecule has 6 nitrogen and oxygen atoms in total. The van der Waals surface area contributed by atoms with E-state index in [1.807, 2.05) is 22.6 Å². The van der Waals surface area contributed by atoms with Crippen LogP contribution in [0.2, 0.25) is 0 Å². The van der Waals surface area contributed by atoms with Gasteiger partial charge >= 0.3 is 5.97 Å². The fourth-order valence-electron chi connectivity index (χ4n) is 1.62. The second-order valence-corrected chi connectivity index (χ2v) is 5.13. The summed E-state index contributed by atoms with van der Waals surface area (Å²) in [7, 11) is 0. The van der Waals surface area contributed by atoms with Crippen LogP contribution in [-0.4, -0.2) is 17.2 Å². The zero-order valence-electron chi connectivity index (χ0n) is 10.5. The fourth-order valence-corrected chi connectivity index (χ4v) is 2.22. The first-order valence-electron chi connectivity index (χ1n) is 5.73. The number of nitro groups is 1. The quantitative estimate of drug-likeness (QED) is 0.198. The number of halogens is 1. The smallest absolute Gasteiger partial charge is 0.344 e. The van der Waals surface area contributed by atoms with Gasteiger partial charge in [0.2, 0.25) is 0 Å². The number of hydrogen-bond donors (Lipinski definition) is 0. The van der Waals surface area contributed by atoms with Crippen molar-refractivity contribution in [3.8, 4) is 5.75 Å². The van der Waals surface area contributed by atoms with Crippen molar-refractivity contribution in [3.05, 3.63) is 67.3 Å². The fraction of sp³-hybridized carbons (Fsp3) is 0. The number of nitro benzene ring substituents is 1. The second kappa shape index (κ2) is 6.44. The van der Waals surface area contributed by atoms with E-state index in [-0.39, 0.29) is 17.0 Å². The van der Waals surface area contributed by atoms with E-state index in [2.05, 4.69) is 0 Å². The van der Waals surface area contributed by atoms with Gasteiger partial charge in [-0.05, 0) is 40.8 Å². The van der Waals surface area contributed by atoms with Crippen LogP contribution in [0, 0.1) is 13.7 Å². The summed E-state index contributed by atoms with van der Waals surface area (Å²) in [6, 6.07) is 10.3. The largest absolute Gasteiger partial charge is 0.422 e. The van der Waals surface area contributed by atoms with Crippen molar-refractivity contribution in [1.82, 2.24) is 0 Å². The Balaban J connectivity index is 2.31. The molecule has 0 saturated carbocycles. The third-order valence-corrected chi connectivity index (χ3v) is 3.57. The molecule has 2 rings (SSSR count). The average molecular weight is 397 g/mol. The summed E-state index contributed by atoms with van der Waals surface area (Å²) >= 11 is 1.99. The first-order valence-corrected chi connectivity index (χ1v) is 6.81. The Morgan fingerprint density at radius 2 is 1.95 bits per heavy atom. The van der Waals surface area contributed by atoms with E-state index in [0.29, 0.717) is 15.4 Å². The Kier molecular flexibility index (Phi) is 4.63. The molecule has 0 atom stereocenters. The summed E-state index contributed by atoms with van der Waals surface area (Å²) in [6.45, 7) is 0. The predicted octanol–water partition coefficient (Wildman–Crippen LogP) is 3.23. The molecule has 2 aromatic rings. The minimum atomic E-state index is -0.628. The molecule has 2 aromatic carbocycles. The number of carbonyl (C=O) groups is 2. The molecule has 0 aromatic heterocycles. The Hall–Kier alpha value is -2.29. The van der Waals surface area contributed by atoms with E-state index in [0.717, 1.165) is 6.07 Å². The van der Waals surface area contributed by atoms with Gasteiger partial charge in [-0.15, -0.1) is 0 Å². The molecule has 0 unspecified atom stereocenters. The molecule has 0 bridgehead atoms. The zero-order chi connectivity index (χ0) is 15.4. The highest BCUT2D eigenvalue weighted by Gasteiger charge is 2.16. The van der Waals surface area contributed by atoms with Crippen LogP contribution in [0.4, 0.5) is 5.69 Å². The van der Waals surface area contributed by atoms with Gasteiger partial charge in [0.05, 0.1) is 16.1 Å². The highest BCUT2D eigenvalue weighted by Crippen LogP contribution is 2.24. The van der Waals surface area contributed by atoms with E-state index in [9.17, 15) is 19.7 Å². The van der Waals surface area contributed by atoms with E-state index in [1.165, 1.54) is 12.1 Å². The molecule has 0 heterocycles. The van der Waals surface area contributed by atoms with Gasteiger partial charge in [-0.3, -0.25) is 14.9 Å². The lowest BCUT2D eigenvalue weighted by atomic mass is 10.2. The lowest BCUT2D eigenvalue weighted by molar-refractivity contribution is -0.384. The number of rotatable bonds is 4. The summed E-state index contributed by atoms with van der Waals surface area (Å²) in [5.74, 6) is -0.641. The Labute approximate surface area is 133 Å². The van der Waals surface area contributed by atoms with Gasteiger partial charge in [0.25, 0.3) is 5.69 Å². The molecular formula is C14H8INO5. The van der Waals surface area contributed by atoms with Crippen molar-refractivity contribution in [3.63, 3.8) is 0 Å². The lowest BCUT2D eigenvalue weighted by Crippen LogP contribution is -2.11. The van der Waals surface area contributed by atoms with Crippen LogP contribution in [0.5, 0.6) is 5.75 Å². The first kappa shape index (κ1) is 15.1. The van der Waals surface area contributed by atoms with Crippen LogP contribution in [0.15, 0.2) is 42.5 Å². The average Bonchev–Trinajstić information content (AvgIpc) is 2.47. The minimum absolute atomic E-state index is 0.0137. The number of hydrogen-bond acceptors (Lipinski definition) is 5. The number of ether oxygens (including phenoxy) is 1.